The van der Waals surface area contributed by atoms with Crippen molar-refractivity contribution in [3.8, 4) is 0 Å². The van der Waals surface area contributed by atoms with Gasteiger partial charge in [-0.3, -0.25) is 0 Å². The second-order valence-corrected chi connectivity index (χ2v) is 6.31. The van der Waals surface area contributed by atoms with Crippen LogP contribution in [0.1, 0.15) is 37.8 Å². The first kappa shape index (κ1) is 13.4. The Labute approximate surface area is 111 Å². The Morgan fingerprint density at radius 2 is 1.89 bits per heavy atom. The molecule has 0 aromatic heterocycles. The van der Waals surface area contributed by atoms with Gasteiger partial charge in [-0.1, -0.05) is 18.2 Å². The quantitative estimate of drug-likeness (QED) is 0.887. The van der Waals surface area contributed by atoms with Crippen LogP contribution in [0.2, 0.25) is 0 Å². The Morgan fingerprint density at radius 1 is 1.28 bits per heavy atom. The molecule has 0 aliphatic carbocycles. The molecular weight excluding hydrogens is 220 g/mol. The second kappa shape index (κ2) is 4.93. The fourth-order valence-corrected chi connectivity index (χ4v) is 3.44. The minimum atomic E-state index is 0.247. The molecule has 0 bridgehead atoms. The molecule has 2 heteroatoms. The maximum absolute atomic E-state index is 5.72. The van der Waals surface area contributed by atoms with E-state index in [0.717, 1.165) is 25.4 Å². The zero-order valence-corrected chi connectivity index (χ0v) is 12.2. The lowest BCUT2D eigenvalue weighted by molar-refractivity contribution is 0.458. The molecule has 1 saturated heterocycles. The second-order valence-electron chi connectivity index (χ2n) is 6.31. The van der Waals surface area contributed by atoms with E-state index in [9.17, 15) is 0 Å². The summed E-state index contributed by atoms with van der Waals surface area (Å²) in [6, 6.07) is 6.58. The van der Waals surface area contributed by atoms with Crippen LogP contribution in [0.15, 0.2) is 18.2 Å². The molecule has 1 fully saturated rings. The summed E-state index contributed by atoms with van der Waals surface area (Å²) in [5.41, 5.74) is 10.2. The maximum atomic E-state index is 5.72. The fourth-order valence-electron chi connectivity index (χ4n) is 3.44. The molecule has 1 aromatic rings. The van der Waals surface area contributed by atoms with Gasteiger partial charge in [-0.2, -0.15) is 0 Å². The number of aryl methyl sites for hydroxylation is 2. The number of benzene rings is 1. The molecule has 0 radical (unpaired) electrons. The van der Waals surface area contributed by atoms with Crippen molar-refractivity contribution >= 4 is 5.69 Å². The van der Waals surface area contributed by atoms with Crippen LogP contribution >= 0.6 is 0 Å². The van der Waals surface area contributed by atoms with Crippen molar-refractivity contribution in [3.05, 3.63) is 29.3 Å². The minimum Gasteiger partial charge on any atom is -0.366 e. The maximum Gasteiger partial charge on any atom is 0.0430 e. The molecule has 0 saturated carbocycles. The fraction of sp³-hybridized carbons (Fsp3) is 0.625. The summed E-state index contributed by atoms with van der Waals surface area (Å²) < 4.78 is 0. The van der Waals surface area contributed by atoms with E-state index in [1.807, 2.05) is 0 Å². The van der Waals surface area contributed by atoms with E-state index in [-0.39, 0.29) is 5.54 Å². The van der Waals surface area contributed by atoms with Crippen molar-refractivity contribution in [2.75, 3.05) is 18.0 Å². The van der Waals surface area contributed by atoms with E-state index >= 15 is 0 Å². The summed E-state index contributed by atoms with van der Waals surface area (Å²) in [7, 11) is 0. The van der Waals surface area contributed by atoms with Gasteiger partial charge in [0.05, 0.1) is 0 Å². The van der Waals surface area contributed by atoms with E-state index in [0.29, 0.717) is 0 Å². The minimum absolute atomic E-state index is 0.247. The third-order valence-electron chi connectivity index (χ3n) is 4.24. The van der Waals surface area contributed by atoms with E-state index < -0.39 is 0 Å². The number of nitrogens with zero attached hydrogens (tertiary/aromatic N) is 1. The van der Waals surface area contributed by atoms with Crippen molar-refractivity contribution in [2.45, 2.75) is 46.1 Å². The van der Waals surface area contributed by atoms with Crippen LogP contribution in [-0.4, -0.2) is 18.6 Å². The van der Waals surface area contributed by atoms with Crippen molar-refractivity contribution in [2.24, 2.45) is 11.7 Å². The molecule has 2 nitrogen and oxygen atoms in total. The van der Waals surface area contributed by atoms with E-state index in [1.54, 1.807) is 0 Å². The zero-order valence-electron chi connectivity index (χ0n) is 12.2. The SMILES string of the molecule is Cc1cccc(C)c1N1CC(CCN)CC1(C)C. The smallest absolute Gasteiger partial charge is 0.0430 e. The highest BCUT2D eigenvalue weighted by Gasteiger charge is 2.38. The molecule has 1 heterocycles. The number of hydrogen-bond acceptors (Lipinski definition) is 2. The van der Waals surface area contributed by atoms with Gasteiger partial charge in [0.25, 0.3) is 0 Å². The number of nitrogens with two attached hydrogens (primary N) is 1. The van der Waals surface area contributed by atoms with Gasteiger partial charge < -0.3 is 10.6 Å². The largest absolute Gasteiger partial charge is 0.366 e. The van der Waals surface area contributed by atoms with Crippen LogP contribution in [-0.2, 0) is 0 Å². The van der Waals surface area contributed by atoms with Gasteiger partial charge in [0, 0.05) is 17.8 Å². The van der Waals surface area contributed by atoms with Crippen molar-refractivity contribution in [1.82, 2.24) is 0 Å². The van der Waals surface area contributed by atoms with Crippen molar-refractivity contribution in [3.63, 3.8) is 0 Å². The third-order valence-corrected chi connectivity index (χ3v) is 4.24. The molecule has 2 N–H and O–H groups in total. The molecule has 1 unspecified atom stereocenters. The van der Waals surface area contributed by atoms with Gasteiger partial charge in [0.1, 0.15) is 0 Å². The molecule has 18 heavy (non-hydrogen) atoms. The number of anilines is 1. The summed E-state index contributed by atoms with van der Waals surface area (Å²) >= 11 is 0. The molecular formula is C16H26N2. The Morgan fingerprint density at radius 3 is 2.44 bits per heavy atom. The number of hydrogen-bond donors (Lipinski definition) is 1. The summed E-state index contributed by atoms with van der Waals surface area (Å²) in [5.74, 6) is 0.740. The van der Waals surface area contributed by atoms with Crippen LogP contribution < -0.4 is 10.6 Å². The van der Waals surface area contributed by atoms with E-state index in [1.165, 1.54) is 23.2 Å². The highest BCUT2D eigenvalue weighted by atomic mass is 15.2. The highest BCUT2D eigenvalue weighted by Crippen LogP contribution is 2.40. The van der Waals surface area contributed by atoms with Crippen LogP contribution in [0.25, 0.3) is 0 Å². The summed E-state index contributed by atoms with van der Waals surface area (Å²) in [6.07, 6.45) is 2.39. The molecule has 2 rings (SSSR count). The van der Waals surface area contributed by atoms with Gasteiger partial charge in [-0.05, 0) is 64.1 Å². The van der Waals surface area contributed by atoms with Crippen molar-refractivity contribution in [1.29, 1.82) is 0 Å². The zero-order chi connectivity index (χ0) is 13.3. The number of rotatable bonds is 3. The van der Waals surface area contributed by atoms with Gasteiger partial charge in [0.15, 0.2) is 0 Å². The topological polar surface area (TPSA) is 29.3 Å². The lowest BCUT2D eigenvalue weighted by atomic mass is 9.94. The highest BCUT2D eigenvalue weighted by molar-refractivity contribution is 5.61. The molecule has 1 aliphatic rings. The van der Waals surface area contributed by atoms with Crippen molar-refractivity contribution < 1.29 is 0 Å². The average Bonchev–Trinajstić information content (AvgIpc) is 2.54. The van der Waals surface area contributed by atoms with Gasteiger partial charge in [-0.15, -0.1) is 0 Å². The van der Waals surface area contributed by atoms with Gasteiger partial charge in [0.2, 0.25) is 0 Å². The molecule has 0 amide bonds. The first-order chi connectivity index (χ1) is 8.45. The summed E-state index contributed by atoms with van der Waals surface area (Å²) in [6.45, 7) is 11.1. The van der Waals surface area contributed by atoms with Crippen LogP contribution in [0, 0.1) is 19.8 Å². The monoisotopic (exact) mass is 246 g/mol. The standard InChI is InChI=1S/C16H26N2/c1-12-6-5-7-13(2)15(12)18-11-14(8-9-17)10-16(18,3)4/h5-7,14H,8-11,17H2,1-4H3. The molecule has 1 aliphatic heterocycles. The van der Waals surface area contributed by atoms with Gasteiger partial charge in [-0.25, -0.2) is 0 Å². The average molecular weight is 246 g/mol. The first-order valence-electron chi connectivity index (χ1n) is 6.99. The van der Waals surface area contributed by atoms with E-state index in [2.05, 4.69) is 50.8 Å². The lowest BCUT2D eigenvalue weighted by Crippen LogP contribution is -2.39. The van der Waals surface area contributed by atoms with Crippen LogP contribution in [0.4, 0.5) is 5.69 Å². The van der Waals surface area contributed by atoms with Crippen LogP contribution in [0.3, 0.4) is 0 Å². The predicted octanol–water partition coefficient (Wildman–Crippen LogP) is 3.26. The normalized spacial score (nSPS) is 22.5. The van der Waals surface area contributed by atoms with Crippen LogP contribution in [0.5, 0.6) is 0 Å². The summed E-state index contributed by atoms with van der Waals surface area (Å²) in [4.78, 5) is 2.60. The first-order valence-corrected chi connectivity index (χ1v) is 6.99. The molecule has 100 valence electrons. The molecule has 1 aromatic carbocycles. The summed E-state index contributed by atoms with van der Waals surface area (Å²) in [5, 5.41) is 0. The number of para-hydroxylation sites is 1. The van der Waals surface area contributed by atoms with E-state index in [4.69, 9.17) is 5.73 Å². The third kappa shape index (κ3) is 2.39. The molecule has 0 spiro atoms. The Kier molecular flexibility index (Phi) is 3.67. The lowest BCUT2D eigenvalue weighted by Gasteiger charge is -2.36. The predicted molar refractivity (Wildman–Crippen MR) is 79.1 cm³/mol. The Bertz CT molecular complexity index is 403. The molecule has 1 atom stereocenters. The Balaban J connectivity index is 2.32. The van der Waals surface area contributed by atoms with Gasteiger partial charge >= 0.3 is 0 Å². The Hall–Kier alpha value is -1.02.